The molecule has 0 saturated carbocycles. The first-order valence-corrected chi connectivity index (χ1v) is 11.7. The van der Waals surface area contributed by atoms with Crippen LogP contribution in [0.25, 0.3) is 0 Å². The molecule has 0 spiro atoms. The fourth-order valence-corrected chi connectivity index (χ4v) is 4.23. The zero-order valence-electron chi connectivity index (χ0n) is 19.1. The number of aryl methyl sites for hydroxylation is 1. The topological polar surface area (TPSA) is 89.4 Å². The molecule has 3 rings (SSSR count). The number of pyridine rings is 1. The Morgan fingerprint density at radius 1 is 1.09 bits per heavy atom. The van der Waals surface area contributed by atoms with Crippen LogP contribution < -0.4 is 16.1 Å². The average Bonchev–Trinajstić information content (AvgIpc) is 3.36. The number of rotatable bonds is 10. The molecule has 1 aromatic carbocycles. The second kappa shape index (κ2) is 11.6. The van der Waals surface area contributed by atoms with Crippen molar-refractivity contribution in [2.75, 3.05) is 13.7 Å². The molecule has 0 aliphatic carbocycles. The van der Waals surface area contributed by atoms with E-state index in [9.17, 15) is 14.4 Å². The van der Waals surface area contributed by atoms with Crippen LogP contribution in [0.15, 0.2) is 59.0 Å². The van der Waals surface area contributed by atoms with E-state index in [1.807, 2.05) is 55.6 Å². The maximum Gasteiger partial charge on any atom is 0.257 e. The van der Waals surface area contributed by atoms with Crippen LogP contribution in [0.1, 0.15) is 56.1 Å². The van der Waals surface area contributed by atoms with Gasteiger partial charge in [0, 0.05) is 37.5 Å². The van der Waals surface area contributed by atoms with Gasteiger partial charge in [-0.15, -0.1) is 11.3 Å². The maximum absolute atomic E-state index is 13.1. The minimum Gasteiger partial charge on any atom is -0.383 e. The first-order valence-electron chi connectivity index (χ1n) is 10.8. The quantitative estimate of drug-likeness (QED) is 0.476. The Hall–Kier alpha value is -3.23. The van der Waals surface area contributed by atoms with Crippen molar-refractivity contribution in [3.63, 3.8) is 0 Å². The van der Waals surface area contributed by atoms with Gasteiger partial charge in [0.15, 0.2) is 0 Å². The Balaban J connectivity index is 1.85. The third-order valence-corrected chi connectivity index (χ3v) is 6.28. The Bertz CT molecular complexity index is 1140. The minimum atomic E-state index is -0.594. The predicted molar refractivity (Wildman–Crippen MR) is 130 cm³/mol. The summed E-state index contributed by atoms with van der Waals surface area (Å²) in [5.74, 6) is -1.02. The molecular weight excluding hydrogens is 438 g/mol. The van der Waals surface area contributed by atoms with Crippen molar-refractivity contribution in [2.24, 2.45) is 0 Å². The smallest absolute Gasteiger partial charge is 0.257 e. The van der Waals surface area contributed by atoms with E-state index in [0.29, 0.717) is 19.6 Å². The molecule has 0 saturated heterocycles. The number of amides is 2. The van der Waals surface area contributed by atoms with Crippen LogP contribution in [-0.4, -0.2) is 30.1 Å². The summed E-state index contributed by atoms with van der Waals surface area (Å²) in [5.41, 5.74) is 1.31. The molecule has 7 nitrogen and oxygen atoms in total. The van der Waals surface area contributed by atoms with Crippen molar-refractivity contribution in [1.82, 2.24) is 15.2 Å². The highest BCUT2D eigenvalue weighted by molar-refractivity contribution is 7.10. The first kappa shape index (κ1) is 24.4. The summed E-state index contributed by atoms with van der Waals surface area (Å²) in [7, 11) is 1.57. The molecule has 0 unspecified atom stereocenters. The molecule has 2 amide bonds. The van der Waals surface area contributed by atoms with Crippen LogP contribution in [-0.2, 0) is 17.8 Å². The number of thiophene rings is 1. The molecule has 2 aromatic heterocycles. The highest BCUT2D eigenvalue weighted by atomic mass is 32.1. The number of carbonyl (C=O) groups excluding carboxylic acids is 2. The van der Waals surface area contributed by atoms with Crippen LogP contribution in [0.2, 0.25) is 0 Å². The lowest BCUT2D eigenvalue weighted by Gasteiger charge is -2.17. The first-order chi connectivity index (χ1) is 15.9. The van der Waals surface area contributed by atoms with Gasteiger partial charge in [-0.25, -0.2) is 0 Å². The van der Waals surface area contributed by atoms with Crippen molar-refractivity contribution < 1.29 is 14.3 Å². The van der Waals surface area contributed by atoms with Crippen molar-refractivity contribution in [3.8, 4) is 0 Å². The Morgan fingerprint density at radius 2 is 1.79 bits per heavy atom. The van der Waals surface area contributed by atoms with Gasteiger partial charge in [-0.2, -0.15) is 0 Å². The summed E-state index contributed by atoms with van der Waals surface area (Å²) in [5, 5.41) is 7.67. The zero-order valence-corrected chi connectivity index (χ0v) is 19.9. The lowest BCUT2D eigenvalue weighted by atomic mass is 10.1. The zero-order chi connectivity index (χ0) is 23.8. The molecule has 3 aromatic rings. The summed E-state index contributed by atoms with van der Waals surface area (Å²) >= 11 is 1.55. The van der Waals surface area contributed by atoms with E-state index < -0.39 is 17.2 Å². The van der Waals surface area contributed by atoms with Crippen LogP contribution in [0.3, 0.4) is 0 Å². The van der Waals surface area contributed by atoms with E-state index in [-0.39, 0.29) is 23.7 Å². The van der Waals surface area contributed by atoms with Crippen LogP contribution in [0.4, 0.5) is 0 Å². The lowest BCUT2D eigenvalue weighted by Crippen LogP contribution is -2.36. The highest BCUT2D eigenvalue weighted by Crippen LogP contribution is 2.22. The van der Waals surface area contributed by atoms with E-state index >= 15 is 0 Å². The molecule has 2 heterocycles. The predicted octanol–water partition coefficient (Wildman–Crippen LogP) is 3.68. The van der Waals surface area contributed by atoms with Crippen molar-refractivity contribution in [3.05, 3.63) is 91.5 Å². The second-order valence-corrected chi connectivity index (χ2v) is 8.74. The number of carbonyl (C=O) groups is 2. The summed E-state index contributed by atoms with van der Waals surface area (Å²) in [6.07, 6.45) is 3.63. The van der Waals surface area contributed by atoms with Gasteiger partial charge in [-0.05, 0) is 30.4 Å². The number of aromatic nitrogens is 1. The van der Waals surface area contributed by atoms with E-state index in [0.717, 1.165) is 16.0 Å². The molecule has 0 aliphatic heterocycles. The van der Waals surface area contributed by atoms with Crippen LogP contribution >= 0.6 is 11.3 Å². The van der Waals surface area contributed by atoms with Gasteiger partial charge in [0.05, 0.1) is 12.6 Å². The number of nitrogens with zero attached hydrogens (tertiary/aromatic N) is 1. The van der Waals surface area contributed by atoms with E-state index in [1.54, 1.807) is 23.0 Å². The van der Waals surface area contributed by atoms with Gasteiger partial charge in [0.2, 0.25) is 5.43 Å². The average molecular weight is 468 g/mol. The van der Waals surface area contributed by atoms with E-state index in [4.69, 9.17) is 4.74 Å². The summed E-state index contributed by atoms with van der Waals surface area (Å²) < 4.78 is 6.77. The highest BCUT2D eigenvalue weighted by Gasteiger charge is 2.22. The number of ether oxygens (including phenoxy) is 1. The third-order valence-electron chi connectivity index (χ3n) is 5.30. The SMILES string of the molecule is CC[C@@H](NC(=O)c1cn(CCOC)cc(C(=O)NCc2ccc(C)cc2)c1=O)c1cccs1. The molecule has 0 aliphatic rings. The Labute approximate surface area is 197 Å². The lowest BCUT2D eigenvalue weighted by molar-refractivity contribution is 0.0933. The molecule has 0 bridgehead atoms. The molecule has 2 N–H and O–H groups in total. The molecule has 8 heteroatoms. The van der Waals surface area contributed by atoms with Gasteiger partial charge in [-0.3, -0.25) is 14.4 Å². The second-order valence-electron chi connectivity index (χ2n) is 7.76. The fourth-order valence-electron chi connectivity index (χ4n) is 3.36. The van der Waals surface area contributed by atoms with Crippen molar-refractivity contribution >= 4 is 23.2 Å². The normalized spacial score (nSPS) is 11.7. The molecule has 174 valence electrons. The standard InChI is InChI=1S/C25H29N3O4S/c1-4-21(22-6-5-13-33-22)27-25(31)20-16-28(11-12-32-3)15-19(23(20)29)24(30)26-14-18-9-7-17(2)8-10-18/h5-10,13,15-16,21H,4,11-12,14H2,1-3H3,(H,26,30)(H,27,31)/t21-/m1/s1. The van der Waals surface area contributed by atoms with Gasteiger partial charge >= 0.3 is 0 Å². The number of hydrogen-bond acceptors (Lipinski definition) is 5. The Morgan fingerprint density at radius 3 is 2.39 bits per heavy atom. The largest absolute Gasteiger partial charge is 0.383 e. The van der Waals surface area contributed by atoms with Crippen LogP contribution in [0.5, 0.6) is 0 Å². The third kappa shape index (κ3) is 6.40. The van der Waals surface area contributed by atoms with Crippen LogP contribution in [0, 0.1) is 6.92 Å². The molecular formula is C25H29N3O4S. The number of methoxy groups -OCH3 is 1. The number of benzene rings is 1. The number of hydrogen-bond donors (Lipinski definition) is 2. The maximum atomic E-state index is 13.1. The minimum absolute atomic E-state index is 0.0657. The Kier molecular flexibility index (Phi) is 8.57. The fraction of sp³-hybridized carbons (Fsp3) is 0.320. The van der Waals surface area contributed by atoms with Gasteiger partial charge < -0.3 is 19.9 Å². The molecule has 1 atom stereocenters. The summed E-state index contributed by atoms with van der Waals surface area (Å²) in [6.45, 7) is 5.02. The van der Waals surface area contributed by atoms with Gasteiger partial charge in [0.25, 0.3) is 11.8 Å². The monoisotopic (exact) mass is 467 g/mol. The molecule has 0 radical (unpaired) electrons. The van der Waals surface area contributed by atoms with Crippen molar-refractivity contribution in [1.29, 1.82) is 0 Å². The number of nitrogens with one attached hydrogen (secondary N) is 2. The van der Waals surface area contributed by atoms with Gasteiger partial charge in [0.1, 0.15) is 11.1 Å². The van der Waals surface area contributed by atoms with Crippen molar-refractivity contribution in [2.45, 2.75) is 39.4 Å². The summed E-state index contributed by atoms with van der Waals surface area (Å²) in [6, 6.07) is 11.4. The van der Waals surface area contributed by atoms with E-state index in [1.165, 1.54) is 12.4 Å². The van der Waals surface area contributed by atoms with Gasteiger partial charge in [-0.1, -0.05) is 42.8 Å². The molecule has 0 fully saturated rings. The van der Waals surface area contributed by atoms with E-state index in [2.05, 4.69) is 10.6 Å². The molecule has 33 heavy (non-hydrogen) atoms. The summed E-state index contributed by atoms with van der Waals surface area (Å²) in [4.78, 5) is 40.1.